The van der Waals surface area contributed by atoms with Crippen molar-refractivity contribution in [1.82, 2.24) is 15.2 Å². The van der Waals surface area contributed by atoms with Crippen molar-refractivity contribution in [1.29, 1.82) is 0 Å². The molecule has 2 aromatic rings. The number of rotatable bonds is 7. The molecular formula is C26H38N4OS. The lowest BCUT2D eigenvalue weighted by atomic mass is 9.89. The van der Waals surface area contributed by atoms with Gasteiger partial charge in [-0.15, -0.1) is 11.3 Å². The van der Waals surface area contributed by atoms with Gasteiger partial charge in [0.2, 0.25) is 0 Å². The third-order valence-corrected chi connectivity index (χ3v) is 7.97. The minimum atomic E-state index is -0.0499. The van der Waals surface area contributed by atoms with Gasteiger partial charge in [0.05, 0.1) is 0 Å². The Hall–Kier alpha value is -1.92. The summed E-state index contributed by atoms with van der Waals surface area (Å²) < 4.78 is 0. The summed E-state index contributed by atoms with van der Waals surface area (Å²) in [5, 5.41) is 5.87. The first-order valence-corrected chi connectivity index (χ1v) is 13.3. The van der Waals surface area contributed by atoms with Crippen molar-refractivity contribution in [2.45, 2.75) is 57.8 Å². The van der Waals surface area contributed by atoms with Gasteiger partial charge < -0.3 is 15.1 Å². The zero-order valence-corrected chi connectivity index (χ0v) is 20.3. The number of benzene rings is 1. The molecule has 174 valence electrons. The van der Waals surface area contributed by atoms with Gasteiger partial charge in [-0.25, -0.2) is 4.98 Å². The van der Waals surface area contributed by atoms with Crippen LogP contribution in [0, 0.1) is 11.8 Å². The number of piperidine rings is 1. The molecule has 1 atom stereocenters. The average molecular weight is 455 g/mol. The fourth-order valence-electron chi connectivity index (χ4n) is 5.18. The number of nitrogens with one attached hydrogen (secondary N) is 1. The Morgan fingerprint density at radius 1 is 1.06 bits per heavy atom. The maximum absolute atomic E-state index is 12.7. The highest BCUT2D eigenvalue weighted by Crippen LogP contribution is 2.27. The zero-order chi connectivity index (χ0) is 22.2. The van der Waals surface area contributed by atoms with Gasteiger partial charge >= 0.3 is 0 Å². The molecule has 5 nitrogen and oxygen atoms in total. The Bertz CT molecular complexity index is 831. The number of anilines is 2. The average Bonchev–Trinajstić information content (AvgIpc) is 3.30. The summed E-state index contributed by atoms with van der Waals surface area (Å²) in [5.74, 6) is 1.37. The summed E-state index contributed by atoms with van der Waals surface area (Å²) in [5.41, 5.74) is 1.59. The molecular weight excluding hydrogens is 416 g/mol. The lowest BCUT2D eigenvalue weighted by Crippen LogP contribution is -2.42. The number of aromatic nitrogens is 1. The van der Waals surface area contributed by atoms with E-state index in [-0.39, 0.29) is 5.91 Å². The van der Waals surface area contributed by atoms with Crippen LogP contribution in [0.5, 0.6) is 0 Å². The molecule has 1 aromatic heterocycles. The highest BCUT2D eigenvalue weighted by molar-refractivity contribution is 7.14. The normalized spacial score (nSPS) is 21.0. The Balaban J connectivity index is 1.24. The molecule has 2 aliphatic rings. The molecule has 1 N–H and O–H groups in total. The Labute approximate surface area is 197 Å². The van der Waals surface area contributed by atoms with Crippen LogP contribution in [-0.4, -0.2) is 49.0 Å². The van der Waals surface area contributed by atoms with E-state index in [1.165, 1.54) is 82.2 Å². The maximum Gasteiger partial charge on any atom is 0.270 e. The number of para-hydroxylation sites is 1. The van der Waals surface area contributed by atoms with E-state index in [4.69, 9.17) is 0 Å². The fraction of sp³-hybridized carbons (Fsp3) is 0.615. The monoisotopic (exact) mass is 454 g/mol. The van der Waals surface area contributed by atoms with E-state index in [1.54, 1.807) is 0 Å². The van der Waals surface area contributed by atoms with Crippen LogP contribution in [0.4, 0.5) is 10.8 Å². The Kier molecular flexibility index (Phi) is 8.57. The third kappa shape index (κ3) is 6.55. The van der Waals surface area contributed by atoms with E-state index >= 15 is 0 Å². The molecule has 0 bridgehead atoms. The number of hydrogen-bond acceptors (Lipinski definition) is 5. The number of likely N-dealkylation sites (tertiary alicyclic amines) is 1. The molecule has 2 fully saturated rings. The first-order chi connectivity index (χ1) is 15.7. The minimum Gasteiger partial charge on any atom is -0.350 e. The quantitative estimate of drug-likeness (QED) is 0.582. The molecule has 1 saturated heterocycles. The van der Waals surface area contributed by atoms with Gasteiger partial charge in [-0.05, 0) is 56.2 Å². The van der Waals surface area contributed by atoms with E-state index in [1.807, 2.05) is 47.7 Å². The van der Waals surface area contributed by atoms with Crippen LogP contribution in [0.3, 0.4) is 0 Å². The van der Waals surface area contributed by atoms with Crippen LogP contribution in [0.15, 0.2) is 35.7 Å². The highest BCUT2D eigenvalue weighted by Gasteiger charge is 2.24. The van der Waals surface area contributed by atoms with Gasteiger partial charge in [-0.1, -0.05) is 50.3 Å². The first-order valence-electron chi connectivity index (χ1n) is 12.4. The summed E-state index contributed by atoms with van der Waals surface area (Å²) in [4.78, 5) is 22.0. The topological polar surface area (TPSA) is 48.5 Å². The van der Waals surface area contributed by atoms with Crippen molar-refractivity contribution in [3.8, 4) is 0 Å². The Morgan fingerprint density at radius 3 is 2.56 bits per heavy atom. The fourth-order valence-corrected chi connectivity index (χ4v) is 5.98. The van der Waals surface area contributed by atoms with Gasteiger partial charge in [0.1, 0.15) is 5.69 Å². The molecule has 0 spiro atoms. The standard InChI is InChI=1S/C26H38N4OS/c1-29(23-14-8-5-9-15-23)26-28-24(20-32-26)25(31)27-17-22-13-10-16-30(19-22)18-21-11-6-3-2-4-7-12-21/h5,8-9,14-15,20-22H,2-4,6-7,10-13,16-19H2,1H3,(H,27,31)/t22-/m0/s1. The minimum absolute atomic E-state index is 0.0499. The molecule has 4 rings (SSSR count). The zero-order valence-electron chi connectivity index (χ0n) is 19.5. The second kappa shape index (κ2) is 11.8. The van der Waals surface area contributed by atoms with Gasteiger partial charge in [-0.2, -0.15) is 0 Å². The van der Waals surface area contributed by atoms with Gasteiger partial charge in [0, 0.05) is 37.7 Å². The van der Waals surface area contributed by atoms with Crippen molar-refractivity contribution in [3.63, 3.8) is 0 Å². The van der Waals surface area contributed by atoms with E-state index in [0.717, 1.165) is 29.8 Å². The van der Waals surface area contributed by atoms with Crippen LogP contribution >= 0.6 is 11.3 Å². The van der Waals surface area contributed by atoms with Gasteiger partial charge in [0.25, 0.3) is 5.91 Å². The smallest absolute Gasteiger partial charge is 0.270 e. The van der Waals surface area contributed by atoms with E-state index in [2.05, 4.69) is 15.2 Å². The predicted octanol–water partition coefficient (Wildman–Crippen LogP) is 5.71. The first kappa shape index (κ1) is 23.2. The summed E-state index contributed by atoms with van der Waals surface area (Å²) in [6, 6.07) is 10.1. The van der Waals surface area contributed by atoms with Crippen molar-refractivity contribution in [3.05, 3.63) is 41.4 Å². The second-order valence-corrected chi connectivity index (χ2v) is 10.4. The summed E-state index contributed by atoms with van der Waals surface area (Å²) in [6.45, 7) is 4.35. The van der Waals surface area contributed by atoms with E-state index in [9.17, 15) is 4.79 Å². The molecule has 1 aliphatic carbocycles. The number of nitrogens with zero attached hydrogens (tertiary/aromatic N) is 3. The number of carbonyl (C=O) groups is 1. The van der Waals surface area contributed by atoms with Crippen LogP contribution in [0.1, 0.15) is 68.3 Å². The molecule has 0 radical (unpaired) electrons. The summed E-state index contributed by atoms with van der Waals surface area (Å²) >= 11 is 1.51. The molecule has 0 unspecified atom stereocenters. The molecule has 1 aromatic carbocycles. The van der Waals surface area contributed by atoms with Crippen LogP contribution in [-0.2, 0) is 0 Å². The molecule has 1 amide bonds. The molecule has 1 saturated carbocycles. The number of thiazole rings is 1. The van der Waals surface area contributed by atoms with Crippen molar-refractivity contribution in [2.24, 2.45) is 11.8 Å². The van der Waals surface area contributed by atoms with E-state index < -0.39 is 0 Å². The van der Waals surface area contributed by atoms with Gasteiger partial charge in [-0.3, -0.25) is 4.79 Å². The van der Waals surface area contributed by atoms with Crippen molar-refractivity contribution < 1.29 is 4.79 Å². The number of hydrogen-bond donors (Lipinski definition) is 1. The van der Waals surface area contributed by atoms with E-state index in [0.29, 0.717) is 11.6 Å². The van der Waals surface area contributed by atoms with Crippen LogP contribution in [0.2, 0.25) is 0 Å². The highest BCUT2D eigenvalue weighted by atomic mass is 32.1. The predicted molar refractivity (Wildman–Crippen MR) is 134 cm³/mol. The maximum atomic E-state index is 12.7. The molecule has 32 heavy (non-hydrogen) atoms. The molecule has 2 heterocycles. The molecule has 6 heteroatoms. The van der Waals surface area contributed by atoms with Crippen LogP contribution in [0.25, 0.3) is 0 Å². The van der Waals surface area contributed by atoms with Gasteiger partial charge in [0.15, 0.2) is 5.13 Å². The number of amides is 1. The van der Waals surface area contributed by atoms with Crippen molar-refractivity contribution >= 4 is 28.1 Å². The second-order valence-electron chi connectivity index (χ2n) is 9.60. The number of carbonyl (C=O) groups excluding carboxylic acids is 1. The largest absolute Gasteiger partial charge is 0.350 e. The third-order valence-electron chi connectivity index (χ3n) is 7.05. The lowest BCUT2D eigenvalue weighted by molar-refractivity contribution is 0.0920. The summed E-state index contributed by atoms with van der Waals surface area (Å²) in [7, 11) is 1.99. The summed E-state index contributed by atoms with van der Waals surface area (Å²) in [6.07, 6.45) is 12.4. The van der Waals surface area contributed by atoms with Crippen LogP contribution < -0.4 is 10.2 Å². The lowest BCUT2D eigenvalue weighted by Gasteiger charge is -2.35. The molecule has 1 aliphatic heterocycles. The Morgan fingerprint density at radius 2 is 1.78 bits per heavy atom. The SMILES string of the molecule is CN(c1ccccc1)c1nc(C(=O)NC[C@@H]2CCCN(CC3CCCCCCC3)C2)cs1. The van der Waals surface area contributed by atoms with Crippen molar-refractivity contribution in [2.75, 3.05) is 38.1 Å².